The van der Waals surface area contributed by atoms with E-state index in [9.17, 15) is 4.79 Å². The number of benzene rings is 1. The first-order chi connectivity index (χ1) is 11.6. The Morgan fingerprint density at radius 1 is 1.21 bits per heavy atom. The number of carbonyl (C=O) groups is 1. The maximum atomic E-state index is 12.0. The number of nitrogens with one attached hydrogen (secondary N) is 1. The molecule has 3 rings (SSSR count). The van der Waals surface area contributed by atoms with Gasteiger partial charge in [-0.1, -0.05) is 23.7 Å². The minimum Gasteiger partial charge on any atom is -0.323 e. The molecule has 1 N–H and O–H groups in total. The lowest BCUT2D eigenvalue weighted by Crippen LogP contribution is -2.15. The molecule has 0 radical (unpaired) electrons. The molecule has 7 heteroatoms. The monoisotopic (exact) mass is 343 g/mol. The van der Waals surface area contributed by atoms with Gasteiger partial charge in [-0.25, -0.2) is 0 Å². The Bertz CT molecular complexity index is 822. The summed E-state index contributed by atoms with van der Waals surface area (Å²) in [6.07, 6.45) is 5.55. The first-order valence-electron chi connectivity index (χ1n) is 7.65. The van der Waals surface area contributed by atoms with E-state index in [0.29, 0.717) is 30.2 Å². The Balaban J connectivity index is 1.52. The highest BCUT2D eigenvalue weighted by Crippen LogP contribution is 2.12. The molecule has 0 aliphatic carbocycles. The first-order valence-corrected chi connectivity index (χ1v) is 8.03. The van der Waals surface area contributed by atoms with E-state index in [1.54, 1.807) is 17.1 Å². The van der Waals surface area contributed by atoms with Crippen LogP contribution in [0.5, 0.6) is 0 Å². The molecule has 6 nitrogen and oxygen atoms in total. The number of halogens is 1. The van der Waals surface area contributed by atoms with Crippen molar-refractivity contribution in [1.29, 1.82) is 0 Å². The van der Waals surface area contributed by atoms with Gasteiger partial charge in [0, 0.05) is 36.1 Å². The van der Waals surface area contributed by atoms with Crippen LogP contribution in [0.25, 0.3) is 0 Å². The highest BCUT2D eigenvalue weighted by Gasteiger charge is 2.06. The fourth-order valence-corrected chi connectivity index (χ4v) is 2.48. The lowest BCUT2D eigenvalue weighted by atomic mass is 10.2. The summed E-state index contributed by atoms with van der Waals surface area (Å²) in [6, 6.07) is 9.52. The molecule has 3 aromatic rings. The van der Waals surface area contributed by atoms with E-state index < -0.39 is 0 Å². The molecule has 0 atom stereocenters. The van der Waals surface area contributed by atoms with Gasteiger partial charge in [0.15, 0.2) is 0 Å². The third kappa shape index (κ3) is 4.23. The summed E-state index contributed by atoms with van der Waals surface area (Å²) < 4.78 is 3.58. The minimum atomic E-state index is -0.0593. The number of rotatable bonds is 6. The predicted molar refractivity (Wildman–Crippen MR) is 93.0 cm³/mol. The van der Waals surface area contributed by atoms with Gasteiger partial charge in [-0.3, -0.25) is 14.2 Å². The van der Waals surface area contributed by atoms with E-state index in [-0.39, 0.29) is 5.91 Å². The molecule has 24 heavy (non-hydrogen) atoms. The van der Waals surface area contributed by atoms with E-state index in [0.717, 1.165) is 11.3 Å². The second kappa shape index (κ2) is 7.31. The Kier molecular flexibility index (Phi) is 4.96. The summed E-state index contributed by atoms with van der Waals surface area (Å²) in [5.41, 5.74) is 2.82. The molecule has 0 saturated heterocycles. The number of carbonyl (C=O) groups excluding carboxylic acids is 1. The van der Waals surface area contributed by atoms with Crippen LogP contribution in [0.4, 0.5) is 5.69 Å². The summed E-state index contributed by atoms with van der Waals surface area (Å²) in [5.74, 6) is -0.0593. The quantitative estimate of drug-likeness (QED) is 0.748. The average Bonchev–Trinajstić information content (AvgIpc) is 3.17. The van der Waals surface area contributed by atoms with Crippen LogP contribution in [0.3, 0.4) is 0 Å². The van der Waals surface area contributed by atoms with Crippen LogP contribution in [0.2, 0.25) is 5.02 Å². The van der Waals surface area contributed by atoms with Crippen molar-refractivity contribution in [3.63, 3.8) is 0 Å². The van der Waals surface area contributed by atoms with Crippen molar-refractivity contribution in [2.45, 2.75) is 26.4 Å². The molecule has 0 bridgehead atoms. The molecule has 0 fully saturated rings. The van der Waals surface area contributed by atoms with Crippen LogP contribution in [-0.2, 0) is 17.9 Å². The molecule has 0 spiro atoms. The highest BCUT2D eigenvalue weighted by molar-refractivity contribution is 6.30. The Morgan fingerprint density at radius 2 is 2.00 bits per heavy atom. The van der Waals surface area contributed by atoms with Gasteiger partial charge in [0.05, 0.1) is 18.4 Å². The molecule has 0 unspecified atom stereocenters. The third-order valence-electron chi connectivity index (χ3n) is 3.65. The Hall–Kier alpha value is -2.60. The fraction of sp³-hybridized carbons (Fsp3) is 0.235. The zero-order valence-electron chi connectivity index (χ0n) is 13.3. The molecule has 124 valence electrons. The average molecular weight is 344 g/mol. The van der Waals surface area contributed by atoms with Gasteiger partial charge in [-0.05, 0) is 30.7 Å². The van der Waals surface area contributed by atoms with Gasteiger partial charge in [0.25, 0.3) is 0 Å². The lowest BCUT2D eigenvalue weighted by molar-refractivity contribution is -0.116. The van der Waals surface area contributed by atoms with Gasteiger partial charge in [0.2, 0.25) is 5.91 Å². The van der Waals surface area contributed by atoms with E-state index in [4.69, 9.17) is 11.6 Å². The summed E-state index contributed by atoms with van der Waals surface area (Å²) >= 11 is 5.88. The summed E-state index contributed by atoms with van der Waals surface area (Å²) in [5, 5.41) is 12.0. The number of nitrogens with zero attached hydrogens (tertiary/aromatic N) is 4. The number of hydrogen-bond acceptors (Lipinski definition) is 3. The second-order valence-corrected chi connectivity index (χ2v) is 5.98. The van der Waals surface area contributed by atoms with E-state index in [1.807, 2.05) is 48.1 Å². The topological polar surface area (TPSA) is 64.7 Å². The molecular weight excluding hydrogens is 326 g/mol. The molecule has 0 saturated carbocycles. The normalized spacial score (nSPS) is 10.8. The number of amides is 1. The Morgan fingerprint density at radius 3 is 2.71 bits per heavy atom. The Labute approximate surface area is 145 Å². The van der Waals surface area contributed by atoms with Gasteiger partial charge >= 0.3 is 0 Å². The molecule has 2 aromatic heterocycles. The standard InChI is InChI=1S/C17H18ClN5O/c1-13-6-8-19-23(13)9-7-17(24)21-16-10-20-22(12-16)11-14-2-4-15(18)5-3-14/h2-6,8,10,12H,7,9,11H2,1H3,(H,21,24). The highest BCUT2D eigenvalue weighted by atomic mass is 35.5. The van der Waals surface area contributed by atoms with Crippen molar-refractivity contribution in [2.75, 3.05) is 5.32 Å². The zero-order chi connectivity index (χ0) is 16.9. The maximum Gasteiger partial charge on any atom is 0.226 e. The van der Waals surface area contributed by atoms with Crippen molar-refractivity contribution < 1.29 is 4.79 Å². The number of aromatic nitrogens is 4. The lowest BCUT2D eigenvalue weighted by Gasteiger charge is -2.05. The molecule has 0 aliphatic heterocycles. The molecule has 1 aromatic carbocycles. The number of anilines is 1. The summed E-state index contributed by atoms with van der Waals surface area (Å²) in [7, 11) is 0. The minimum absolute atomic E-state index is 0.0593. The molecule has 0 aliphatic rings. The first kappa shape index (κ1) is 16.3. The van der Waals surface area contributed by atoms with Crippen LogP contribution in [0.15, 0.2) is 48.9 Å². The van der Waals surface area contributed by atoms with E-state index in [1.165, 1.54) is 0 Å². The van der Waals surface area contributed by atoms with Crippen molar-refractivity contribution in [1.82, 2.24) is 19.6 Å². The van der Waals surface area contributed by atoms with Crippen molar-refractivity contribution in [2.24, 2.45) is 0 Å². The largest absolute Gasteiger partial charge is 0.323 e. The SMILES string of the molecule is Cc1ccnn1CCC(=O)Nc1cnn(Cc2ccc(Cl)cc2)c1. The summed E-state index contributed by atoms with van der Waals surface area (Å²) in [6.45, 7) is 3.15. The smallest absolute Gasteiger partial charge is 0.226 e. The maximum absolute atomic E-state index is 12.0. The van der Waals surface area contributed by atoms with Crippen molar-refractivity contribution in [3.8, 4) is 0 Å². The van der Waals surface area contributed by atoms with Gasteiger partial charge in [-0.2, -0.15) is 10.2 Å². The molecular formula is C17H18ClN5O. The van der Waals surface area contributed by atoms with Crippen LogP contribution in [0.1, 0.15) is 17.7 Å². The van der Waals surface area contributed by atoms with Gasteiger partial charge in [0.1, 0.15) is 0 Å². The van der Waals surface area contributed by atoms with E-state index >= 15 is 0 Å². The fourth-order valence-electron chi connectivity index (χ4n) is 2.36. The van der Waals surface area contributed by atoms with Crippen LogP contribution >= 0.6 is 11.6 Å². The van der Waals surface area contributed by atoms with Crippen LogP contribution in [-0.4, -0.2) is 25.5 Å². The van der Waals surface area contributed by atoms with Gasteiger partial charge < -0.3 is 5.32 Å². The second-order valence-electron chi connectivity index (χ2n) is 5.55. The zero-order valence-corrected chi connectivity index (χ0v) is 14.1. The number of aryl methyl sites for hydroxylation is 2. The summed E-state index contributed by atoms with van der Waals surface area (Å²) in [4.78, 5) is 12.0. The van der Waals surface area contributed by atoms with E-state index in [2.05, 4.69) is 15.5 Å². The van der Waals surface area contributed by atoms with Crippen LogP contribution in [0, 0.1) is 6.92 Å². The van der Waals surface area contributed by atoms with Gasteiger partial charge in [-0.15, -0.1) is 0 Å². The predicted octanol–water partition coefficient (Wildman–Crippen LogP) is 3.12. The van der Waals surface area contributed by atoms with Crippen molar-refractivity contribution in [3.05, 3.63) is 65.2 Å². The molecule has 1 amide bonds. The third-order valence-corrected chi connectivity index (χ3v) is 3.91. The number of hydrogen-bond donors (Lipinski definition) is 1. The molecule has 2 heterocycles. The van der Waals surface area contributed by atoms with Crippen molar-refractivity contribution >= 4 is 23.2 Å². The van der Waals surface area contributed by atoms with Crippen LogP contribution < -0.4 is 5.32 Å².